The molecule has 0 spiro atoms. The fourth-order valence-electron chi connectivity index (χ4n) is 2.34. The van der Waals surface area contributed by atoms with Gasteiger partial charge in [-0.2, -0.15) is 0 Å². The molecule has 2 aromatic rings. The summed E-state index contributed by atoms with van der Waals surface area (Å²) < 4.78 is 32.2. The lowest BCUT2D eigenvalue weighted by atomic mass is 10.1. The normalized spacial score (nSPS) is 12.5. The molecule has 6 heteroatoms. The first-order valence-corrected chi connectivity index (χ1v) is 10.2. The molecule has 0 aliphatic rings. The molecule has 1 N–H and O–H groups in total. The van der Waals surface area contributed by atoms with Crippen LogP contribution in [0.25, 0.3) is 0 Å². The number of rotatable bonds is 9. The summed E-state index contributed by atoms with van der Waals surface area (Å²) in [5.74, 6) is 0.578. The number of benzene rings is 2. The van der Waals surface area contributed by atoms with E-state index in [9.17, 15) is 13.2 Å². The quantitative estimate of drug-likeness (QED) is 0.537. The van der Waals surface area contributed by atoms with Crippen molar-refractivity contribution in [1.29, 1.82) is 0 Å². The highest BCUT2D eigenvalue weighted by Gasteiger charge is 2.12. The highest BCUT2D eigenvalue weighted by Crippen LogP contribution is 2.15. The van der Waals surface area contributed by atoms with E-state index in [0.717, 1.165) is 12.0 Å². The Labute approximate surface area is 155 Å². The summed E-state index contributed by atoms with van der Waals surface area (Å²) in [5, 5.41) is 0. The molecule has 140 valence electrons. The number of ether oxygens (including phenoxy) is 1. The van der Waals surface area contributed by atoms with E-state index < -0.39 is 10.0 Å². The van der Waals surface area contributed by atoms with Gasteiger partial charge in [-0.05, 0) is 42.2 Å². The molecule has 26 heavy (non-hydrogen) atoms. The van der Waals surface area contributed by atoms with Gasteiger partial charge in [-0.25, -0.2) is 13.1 Å². The minimum absolute atomic E-state index is 0.234. The van der Waals surface area contributed by atoms with Crippen LogP contribution in [0.15, 0.2) is 59.5 Å². The minimum atomic E-state index is -3.49. The monoisotopic (exact) mass is 375 g/mol. The Morgan fingerprint density at radius 1 is 1.08 bits per heavy atom. The Bertz CT molecular complexity index is 801. The van der Waals surface area contributed by atoms with Gasteiger partial charge >= 0.3 is 5.97 Å². The van der Waals surface area contributed by atoms with E-state index in [-0.39, 0.29) is 10.9 Å². The molecule has 0 heterocycles. The van der Waals surface area contributed by atoms with Gasteiger partial charge in [0.2, 0.25) is 10.0 Å². The Hall–Kier alpha value is -2.18. The van der Waals surface area contributed by atoms with Crippen molar-refractivity contribution >= 4 is 16.0 Å². The van der Waals surface area contributed by atoms with Gasteiger partial charge in [-0.1, -0.05) is 50.6 Å². The van der Waals surface area contributed by atoms with E-state index >= 15 is 0 Å². The Morgan fingerprint density at radius 2 is 1.73 bits per heavy atom. The summed E-state index contributed by atoms with van der Waals surface area (Å²) in [6, 6.07) is 15.4. The largest absolute Gasteiger partial charge is 0.427 e. The number of hydrogen-bond donors (Lipinski definition) is 1. The topological polar surface area (TPSA) is 72.5 Å². The summed E-state index contributed by atoms with van der Waals surface area (Å²) in [6.45, 7) is 4.35. The first-order valence-electron chi connectivity index (χ1n) is 8.75. The number of carbonyl (C=O) groups excluding carboxylic acids is 1. The van der Waals surface area contributed by atoms with Crippen LogP contribution < -0.4 is 9.46 Å². The third-order valence-electron chi connectivity index (χ3n) is 4.13. The maximum atomic E-state index is 12.1. The second-order valence-electron chi connectivity index (χ2n) is 6.30. The third-order valence-corrected chi connectivity index (χ3v) is 5.60. The molecule has 0 aromatic heterocycles. The van der Waals surface area contributed by atoms with E-state index in [1.165, 1.54) is 0 Å². The van der Waals surface area contributed by atoms with Gasteiger partial charge in [0.25, 0.3) is 0 Å². The van der Waals surface area contributed by atoms with Crippen LogP contribution in [-0.2, 0) is 21.2 Å². The van der Waals surface area contributed by atoms with Gasteiger partial charge in [-0.15, -0.1) is 0 Å². The highest BCUT2D eigenvalue weighted by molar-refractivity contribution is 7.89. The molecule has 2 rings (SSSR count). The maximum absolute atomic E-state index is 12.1. The molecule has 1 unspecified atom stereocenters. The number of esters is 1. The smallest absolute Gasteiger partial charge is 0.311 e. The number of hydrogen-bond acceptors (Lipinski definition) is 4. The fourth-order valence-corrected chi connectivity index (χ4v) is 3.39. The average Bonchev–Trinajstić information content (AvgIpc) is 2.63. The summed E-state index contributed by atoms with van der Waals surface area (Å²) in [4.78, 5) is 12.0. The predicted molar refractivity (Wildman–Crippen MR) is 101 cm³/mol. The first kappa shape index (κ1) is 20.1. The zero-order valence-electron chi connectivity index (χ0n) is 15.1. The van der Waals surface area contributed by atoms with E-state index in [0.29, 0.717) is 31.1 Å². The van der Waals surface area contributed by atoms with E-state index in [1.807, 2.05) is 26.0 Å². The molecule has 0 amide bonds. The number of carbonyl (C=O) groups is 1. The van der Waals surface area contributed by atoms with Gasteiger partial charge in [0.15, 0.2) is 0 Å². The van der Waals surface area contributed by atoms with Crippen LogP contribution >= 0.6 is 0 Å². The van der Waals surface area contributed by atoms with Gasteiger partial charge in [0.05, 0.1) is 4.90 Å². The van der Waals surface area contributed by atoms with Gasteiger partial charge in [0, 0.05) is 13.0 Å². The van der Waals surface area contributed by atoms with Crippen LogP contribution in [0.4, 0.5) is 0 Å². The van der Waals surface area contributed by atoms with Crippen LogP contribution in [0.5, 0.6) is 5.75 Å². The van der Waals surface area contributed by atoms with Crippen molar-refractivity contribution in [3.8, 4) is 5.75 Å². The molecule has 0 aliphatic carbocycles. The van der Waals surface area contributed by atoms with Crippen molar-refractivity contribution in [2.75, 3.05) is 6.54 Å². The predicted octanol–water partition coefficient (Wildman–Crippen LogP) is 3.55. The molecule has 0 bridgehead atoms. The second kappa shape index (κ2) is 9.50. The first-order chi connectivity index (χ1) is 12.4. The zero-order chi connectivity index (χ0) is 19.0. The van der Waals surface area contributed by atoms with Crippen molar-refractivity contribution in [3.05, 3.63) is 60.2 Å². The number of nitrogens with one attached hydrogen (secondary N) is 1. The molecular weight excluding hydrogens is 350 g/mol. The van der Waals surface area contributed by atoms with Gasteiger partial charge < -0.3 is 4.74 Å². The van der Waals surface area contributed by atoms with Crippen LogP contribution in [0.1, 0.15) is 32.3 Å². The fraction of sp³-hybridized carbons (Fsp3) is 0.350. The van der Waals surface area contributed by atoms with Crippen LogP contribution in [0.2, 0.25) is 0 Å². The summed E-state index contributed by atoms with van der Waals surface area (Å²) in [7, 11) is -3.49. The van der Waals surface area contributed by atoms with Crippen molar-refractivity contribution in [3.63, 3.8) is 0 Å². The van der Waals surface area contributed by atoms with E-state index in [2.05, 4.69) is 4.72 Å². The molecule has 0 aliphatic heterocycles. The Morgan fingerprint density at radius 3 is 2.35 bits per heavy atom. The highest BCUT2D eigenvalue weighted by atomic mass is 32.2. The van der Waals surface area contributed by atoms with Crippen LogP contribution in [-0.4, -0.2) is 20.9 Å². The van der Waals surface area contributed by atoms with Crippen LogP contribution in [0.3, 0.4) is 0 Å². The molecule has 0 saturated heterocycles. The standard InChI is InChI=1S/C20H25NO4S/c1-3-16(2)15-20(22)25-18-11-9-17(10-12-18)13-14-21-26(23,24)19-7-5-4-6-8-19/h4-12,16,21H,3,13-15H2,1-2H3. The van der Waals surface area contributed by atoms with E-state index in [4.69, 9.17) is 4.74 Å². The Balaban J connectivity index is 1.83. The molecule has 0 radical (unpaired) electrons. The Kier molecular flexibility index (Phi) is 7.36. The van der Waals surface area contributed by atoms with Gasteiger partial charge in [-0.3, -0.25) is 4.79 Å². The molecular formula is C20H25NO4S. The lowest BCUT2D eigenvalue weighted by Gasteiger charge is -2.09. The van der Waals surface area contributed by atoms with Crippen molar-refractivity contribution in [1.82, 2.24) is 4.72 Å². The van der Waals surface area contributed by atoms with E-state index in [1.54, 1.807) is 42.5 Å². The lowest BCUT2D eigenvalue weighted by Crippen LogP contribution is -2.25. The summed E-state index contributed by atoms with van der Waals surface area (Å²) >= 11 is 0. The maximum Gasteiger partial charge on any atom is 0.311 e. The molecule has 0 saturated carbocycles. The average molecular weight is 375 g/mol. The second-order valence-corrected chi connectivity index (χ2v) is 8.06. The molecule has 1 atom stereocenters. The minimum Gasteiger partial charge on any atom is -0.427 e. The molecule has 2 aromatic carbocycles. The molecule has 5 nitrogen and oxygen atoms in total. The SMILES string of the molecule is CCC(C)CC(=O)Oc1ccc(CCNS(=O)(=O)c2ccccc2)cc1. The van der Waals surface area contributed by atoms with Crippen molar-refractivity contribution in [2.45, 2.75) is 38.0 Å². The molecule has 0 fully saturated rings. The van der Waals surface area contributed by atoms with Crippen LogP contribution in [0, 0.1) is 5.92 Å². The number of sulfonamides is 1. The van der Waals surface area contributed by atoms with Crippen molar-refractivity contribution in [2.24, 2.45) is 5.92 Å². The summed E-state index contributed by atoms with van der Waals surface area (Å²) in [5.41, 5.74) is 0.961. The third kappa shape index (κ3) is 6.28. The lowest BCUT2D eigenvalue weighted by molar-refractivity contribution is -0.135. The van der Waals surface area contributed by atoms with Crippen molar-refractivity contribution < 1.29 is 17.9 Å². The van der Waals surface area contributed by atoms with Gasteiger partial charge in [0.1, 0.15) is 5.75 Å². The zero-order valence-corrected chi connectivity index (χ0v) is 16.0. The summed E-state index contributed by atoms with van der Waals surface area (Å²) in [6.07, 6.45) is 1.89.